The predicted octanol–water partition coefficient (Wildman–Crippen LogP) is 1.50. The monoisotopic (exact) mass is 287 g/mol. The predicted molar refractivity (Wildman–Crippen MR) is 73.5 cm³/mol. The van der Waals surface area contributed by atoms with Gasteiger partial charge in [-0.3, -0.25) is 25.0 Å². The summed E-state index contributed by atoms with van der Waals surface area (Å²) >= 11 is 0. The summed E-state index contributed by atoms with van der Waals surface area (Å²) in [5.74, 6) is -0.519. The molecule has 0 rings (SSSR count). The highest BCUT2D eigenvalue weighted by molar-refractivity contribution is 5.92. The van der Waals surface area contributed by atoms with Crippen LogP contribution in [0.1, 0.15) is 34.6 Å². The van der Waals surface area contributed by atoms with Crippen molar-refractivity contribution in [3.63, 3.8) is 0 Å². The lowest BCUT2D eigenvalue weighted by molar-refractivity contribution is -0.568. The van der Waals surface area contributed by atoms with Crippen LogP contribution in [0, 0.1) is 20.2 Å². The van der Waals surface area contributed by atoms with Crippen molar-refractivity contribution >= 4 is 5.91 Å². The van der Waals surface area contributed by atoms with Crippen LogP contribution in [0.5, 0.6) is 0 Å². The summed E-state index contributed by atoms with van der Waals surface area (Å²) in [5, 5.41) is 21.9. The van der Waals surface area contributed by atoms with Crippen molar-refractivity contribution in [2.45, 2.75) is 45.7 Å². The first-order valence-electron chi connectivity index (χ1n) is 6.05. The van der Waals surface area contributed by atoms with E-state index in [4.69, 9.17) is 0 Å². The molecule has 0 aromatic heterocycles. The van der Waals surface area contributed by atoms with Crippen LogP contribution in [-0.4, -0.2) is 44.8 Å². The van der Waals surface area contributed by atoms with E-state index in [-0.39, 0.29) is 18.7 Å². The summed E-state index contributed by atoms with van der Waals surface area (Å²) in [6.07, 6.45) is 0. The van der Waals surface area contributed by atoms with Crippen LogP contribution in [0.4, 0.5) is 0 Å². The minimum atomic E-state index is -1.39. The van der Waals surface area contributed by atoms with Gasteiger partial charge in [-0.1, -0.05) is 6.58 Å². The standard InChI is InChI=1S/C12H21N3O5/c1-9(2)10(16)13(7-11(3,4)14(17)18)8-12(5,6)15(19)20/h1,7-8H2,2-6H3. The lowest BCUT2D eigenvalue weighted by Gasteiger charge is -2.30. The van der Waals surface area contributed by atoms with Crippen molar-refractivity contribution in [2.75, 3.05) is 13.1 Å². The van der Waals surface area contributed by atoms with Crippen LogP contribution in [0.15, 0.2) is 12.2 Å². The van der Waals surface area contributed by atoms with Gasteiger partial charge in [-0.15, -0.1) is 0 Å². The van der Waals surface area contributed by atoms with Gasteiger partial charge >= 0.3 is 0 Å². The zero-order chi connectivity index (χ0) is 16.3. The summed E-state index contributed by atoms with van der Waals surface area (Å²) < 4.78 is 0. The first-order valence-corrected chi connectivity index (χ1v) is 6.05. The van der Waals surface area contributed by atoms with Crippen molar-refractivity contribution in [1.29, 1.82) is 0 Å². The van der Waals surface area contributed by atoms with Crippen molar-refractivity contribution in [3.05, 3.63) is 32.4 Å². The van der Waals surface area contributed by atoms with E-state index in [9.17, 15) is 25.0 Å². The Morgan fingerprint density at radius 1 is 1.05 bits per heavy atom. The zero-order valence-corrected chi connectivity index (χ0v) is 12.5. The average molecular weight is 287 g/mol. The number of rotatable bonds is 7. The molecule has 8 heteroatoms. The Morgan fingerprint density at radius 3 is 1.55 bits per heavy atom. The van der Waals surface area contributed by atoms with E-state index in [1.165, 1.54) is 34.6 Å². The quantitative estimate of drug-likeness (QED) is 0.400. The van der Waals surface area contributed by atoms with Crippen LogP contribution < -0.4 is 0 Å². The smallest absolute Gasteiger partial charge is 0.249 e. The van der Waals surface area contributed by atoms with Gasteiger partial charge in [0.15, 0.2) is 0 Å². The number of carbonyl (C=O) groups excluding carboxylic acids is 1. The minimum Gasteiger partial charge on any atom is -0.325 e. The summed E-state index contributed by atoms with van der Waals surface area (Å²) in [5.41, 5.74) is -2.60. The maximum Gasteiger partial charge on any atom is 0.249 e. The topological polar surface area (TPSA) is 107 Å². The third-order valence-corrected chi connectivity index (χ3v) is 2.80. The normalized spacial score (nSPS) is 11.8. The minimum absolute atomic E-state index is 0.184. The molecule has 0 saturated carbocycles. The van der Waals surface area contributed by atoms with E-state index in [0.717, 1.165) is 4.90 Å². The fraction of sp³-hybridized carbons (Fsp3) is 0.750. The molecule has 20 heavy (non-hydrogen) atoms. The van der Waals surface area contributed by atoms with Crippen LogP contribution in [0.3, 0.4) is 0 Å². The van der Waals surface area contributed by atoms with E-state index in [1.54, 1.807) is 0 Å². The molecule has 0 aliphatic carbocycles. The fourth-order valence-corrected chi connectivity index (χ4v) is 1.52. The number of nitro groups is 2. The third kappa shape index (κ3) is 4.60. The Labute approximate surface area is 117 Å². The van der Waals surface area contributed by atoms with E-state index in [1.807, 2.05) is 0 Å². The van der Waals surface area contributed by atoms with Crippen LogP contribution >= 0.6 is 0 Å². The molecule has 0 aliphatic heterocycles. The number of amides is 1. The Morgan fingerprint density at radius 2 is 1.35 bits per heavy atom. The number of carbonyl (C=O) groups is 1. The van der Waals surface area contributed by atoms with Gasteiger partial charge in [0.2, 0.25) is 17.0 Å². The maximum absolute atomic E-state index is 12.0. The third-order valence-electron chi connectivity index (χ3n) is 2.80. The fourth-order valence-electron chi connectivity index (χ4n) is 1.52. The first-order chi connectivity index (χ1) is 8.81. The molecule has 114 valence electrons. The highest BCUT2D eigenvalue weighted by Crippen LogP contribution is 2.17. The van der Waals surface area contributed by atoms with E-state index < -0.39 is 26.8 Å². The second kappa shape index (κ2) is 5.98. The van der Waals surface area contributed by atoms with Gasteiger partial charge in [-0.25, -0.2) is 0 Å². The molecule has 0 radical (unpaired) electrons. The Balaban J connectivity index is 5.32. The molecule has 8 nitrogen and oxygen atoms in total. The molecule has 0 bridgehead atoms. The van der Waals surface area contributed by atoms with Gasteiger partial charge in [0.1, 0.15) is 0 Å². The lowest BCUT2D eigenvalue weighted by Crippen LogP contribution is -2.53. The van der Waals surface area contributed by atoms with Crippen molar-refractivity contribution < 1.29 is 14.6 Å². The first kappa shape index (κ1) is 18.0. The molecule has 1 amide bonds. The molecule has 0 atom stereocenters. The molecular formula is C12H21N3O5. The van der Waals surface area contributed by atoms with Crippen molar-refractivity contribution in [2.24, 2.45) is 0 Å². The summed E-state index contributed by atoms with van der Waals surface area (Å²) in [6, 6.07) is 0. The average Bonchev–Trinajstić information content (AvgIpc) is 2.25. The van der Waals surface area contributed by atoms with Gasteiger partial charge in [-0.2, -0.15) is 0 Å². The highest BCUT2D eigenvalue weighted by Gasteiger charge is 2.40. The molecule has 0 fully saturated rings. The molecule has 0 heterocycles. The molecule has 0 spiro atoms. The van der Waals surface area contributed by atoms with Crippen LogP contribution in [0.2, 0.25) is 0 Å². The van der Waals surface area contributed by atoms with E-state index in [2.05, 4.69) is 6.58 Å². The summed E-state index contributed by atoms with van der Waals surface area (Å²) in [7, 11) is 0. The molecule has 0 N–H and O–H groups in total. The number of hydrogen-bond acceptors (Lipinski definition) is 5. The van der Waals surface area contributed by atoms with Gasteiger partial charge in [0.05, 0.1) is 13.1 Å². The van der Waals surface area contributed by atoms with Crippen LogP contribution in [-0.2, 0) is 4.79 Å². The van der Waals surface area contributed by atoms with Gasteiger partial charge < -0.3 is 4.90 Å². The zero-order valence-electron chi connectivity index (χ0n) is 12.5. The van der Waals surface area contributed by atoms with Crippen molar-refractivity contribution in [3.8, 4) is 0 Å². The maximum atomic E-state index is 12.0. The highest BCUT2D eigenvalue weighted by atomic mass is 16.6. The Hall–Kier alpha value is -1.99. The number of nitrogens with zero attached hydrogens (tertiary/aromatic N) is 3. The van der Waals surface area contributed by atoms with Crippen LogP contribution in [0.25, 0.3) is 0 Å². The van der Waals surface area contributed by atoms with E-state index >= 15 is 0 Å². The van der Waals surface area contributed by atoms with E-state index in [0.29, 0.717) is 0 Å². The Kier molecular flexibility index (Phi) is 5.38. The summed E-state index contributed by atoms with van der Waals surface area (Å²) in [4.78, 5) is 34.0. The number of hydrogen-bond donors (Lipinski definition) is 0. The Bertz CT molecular complexity index is 414. The van der Waals surface area contributed by atoms with Gasteiger partial charge in [0, 0.05) is 43.1 Å². The molecule has 0 aliphatic rings. The molecule has 0 aromatic carbocycles. The molecule has 0 aromatic rings. The largest absolute Gasteiger partial charge is 0.325 e. The lowest BCUT2D eigenvalue weighted by atomic mass is 10.0. The SMILES string of the molecule is C=C(C)C(=O)N(CC(C)(C)[N+](=O)[O-])CC(C)(C)[N+](=O)[O-]. The second-order valence-electron chi connectivity index (χ2n) is 6.08. The molecule has 0 unspecified atom stereocenters. The molecule has 0 saturated heterocycles. The molecular weight excluding hydrogens is 266 g/mol. The van der Waals surface area contributed by atoms with Crippen molar-refractivity contribution in [1.82, 2.24) is 4.90 Å². The van der Waals surface area contributed by atoms with Gasteiger partial charge in [-0.05, 0) is 6.92 Å². The summed E-state index contributed by atoms with van der Waals surface area (Å²) in [6.45, 7) is 9.99. The second-order valence-corrected chi connectivity index (χ2v) is 6.08. The van der Waals surface area contributed by atoms with Gasteiger partial charge in [0.25, 0.3) is 0 Å².